The lowest BCUT2D eigenvalue weighted by Crippen LogP contribution is -2.08. The van der Waals surface area contributed by atoms with Gasteiger partial charge >= 0.3 is 0 Å². The van der Waals surface area contributed by atoms with E-state index in [1.165, 1.54) is 0 Å². The standard InChI is InChI=1S/C21H25N3O2S/c1-4-24-19(15-26-20-16(2)9-8-10-17(20)3)22-23-21(24)27-14-13-25-18-11-6-5-7-12-18/h5-12H,4,13-15H2,1-3H3. The maximum Gasteiger partial charge on any atom is 0.191 e. The molecule has 0 aliphatic carbocycles. The van der Waals surface area contributed by atoms with Gasteiger partial charge in [0.25, 0.3) is 0 Å². The number of hydrogen-bond acceptors (Lipinski definition) is 5. The first kappa shape index (κ1) is 19.3. The van der Waals surface area contributed by atoms with Gasteiger partial charge in [-0.15, -0.1) is 10.2 Å². The lowest BCUT2D eigenvalue weighted by atomic mass is 10.1. The second-order valence-electron chi connectivity index (χ2n) is 6.16. The highest BCUT2D eigenvalue weighted by molar-refractivity contribution is 7.99. The Hall–Kier alpha value is -2.47. The highest BCUT2D eigenvalue weighted by atomic mass is 32.2. The van der Waals surface area contributed by atoms with Gasteiger partial charge in [0, 0.05) is 12.3 Å². The average molecular weight is 384 g/mol. The molecule has 0 bridgehead atoms. The van der Waals surface area contributed by atoms with Gasteiger partial charge in [-0.1, -0.05) is 48.2 Å². The minimum Gasteiger partial charge on any atom is -0.493 e. The molecule has 1 aromatic heterocycles. The lowest BCUT2D eigenvalue weighted by molar-refractivity contribution is 0.284. The van der Waals surface area contributed by atoms with Crippen LogP contribution in [-0.4, -0.2) is 27.1 Å². The Kier molecular flexibility index (Phi) is 6.76. The molecule has 0 spiro atoms. The SMILES string of the molecule is CCn1c(COc2c(C)cccc2C)nnc1SCCOc1ccccc1. The van der Waals surface area contributed by atoms with Crippen LogP contribution in [0.2, 0.25) is 0 Å². The Morgan fingerprint density at radius 1 is 0.926 bits per heavy atom. The molecule has 0 radical (unpaired) electrons. The Morgan fingerprint density at radius 2 is 1.67 bits per heavy atom. The van der Waals surface area contributed by atoms with Crippen molar-refractivity contribution < 1.29 is 9.47 Å². The molecule has 0 fully saturated rings. The lowest BCUT2D eigenvalue weighted by Gasteiger charge is -2.12. The molecular weight excluding hydrogens is 358 g/mol. The second kappa shape index (κ2) is 9.46. The fourth-order valence-electron chi connectivity index (χ4n) is 2.82. The summed E-state index contributed by atoms with van der Waals surface area (Å²) in [7, 11) is 0. The summed E-state index contributed by atoms with van der Waals surface area (Å²) in [6, 6.07) is 16.0. The Bertz CT molecular complexity index is 845. The molecule has 0 N–H and O–H groups in total. The highest BCUT2D eigenvalue weighted by Crippen LogP contribution is 2.24. The molecule has 3 rings (SSSR count). The molecule has 142 valence electrons. The van der Waals surface area contributed by atoms with Gasteiger partial charge < -0.3 is 14.0 Å². The smallest absolute Gasteiger partial charge is 0.191 e. The summed E-state index contributed by atoms with van der Waals surface area (Å²) in [6.07, 6.45) is 0. The zero-order chi connectivity index (χ0) is 19.1. The summed E-state index contributed by atoms with van der Waals surface area (Å²) in [5.74, 6) is 3.46. The van der Waals surface area contributed by atoms with Crippen LogP contribution in [-0.2, 0) is 13.2 Å². The average Bonchev–Trinajstić information content (AvgIpc) is 3.07. The molecule has 1 heterocycles. The highest BCUT2D eigenvalue weighted by Gasteiger charge is 2.13. The summed E-state index contributed by atoms with van der Waals surface area (Å²) in [4.78, 5) is 0. The number of hydrogen-bond donors (Lipinski definition) is 0. The molecule has 0 saturated heterocycles. The quantitative estimate of drug-likeness (QED) is 0.397. The summed E-state index contributed by atoms with van der Waals surface area (Å²) < 4.78 is 13.9. The van der Waals surface area contributed by atoms with Crippen LogP contribution in [0.15, 0.2) is 53.7 Å². The largest absolute Gasteiger partial charge is 0.493 e. The van der Waals surface area contributed by atoms with Crippen molar-refractivity contribution >= 4 is 11.8 Å². The van der Waals surface area contributed by atoms with Crippen molar-refractivity contribution in [3.63, 3.8) is 0 Å². The first-order chi connectivity index (χ1) is 13.2. The van der Waals surface area contributed by atoms with Crippen LogP contribution < -0.4 is 9.47 Å². The molecular formula is C21H25N3O2S. The second-order valence-corrected chi connectivity index (χ2v) is 7.22. The Morgan fingerprint density at radius 3 is 2.37 bits per heavy atom. The third-order valence-electron chi connectivity index (χ3n) is 4.19. The van der Waals surface area contributed by atoms with E-state index in [-0.39, 0.29) is 0 Å². The molecule has 6 heteroatoms. The topological polar surface area (TPSA) is 49.2 Å². The molecule has 27 heavy (non-hydrogen) atoms. The number of benzene rings is 2. The van der Waals surface area contributed by atoms with Gasteiger partial charge in [-0.25, -0.2) is 0 Å². The Balaban J connectivity index is 1.56. The van der Waals surface area contributed by atoms with Gasteiger partial charge in [-0.3, -0.25) is 0 Å². The number of aromatic nitrogens is 3. The van der Waals surface area contributed by atoms with E-state index in [1.807, 2.05) is 36.4 Å². The summed E-state index contributed by atoms with van der Waals surface area (Å²) in [5, 5.41) is 9.55. The van der Waals surface area contributed by atoms with Gasteiger partial charge in [0.1, 0.15) is 18.1 Å². The fraction of sp³-hybridized carbons (Fsp3) is 0.333. The molecule has 2 aromatic carbocycles. The van der Waals surface area contributed by atoms with Crippen LogP contribution in [0.5, 0.6) is 11.5 Å². The van der Waals surface area contributed by atoms with Crippen LogP contribution in [0, 0.1) is 13.8 Å². The third-order valence-corrected chi connectivity index (χ3v) is 5.12. The van der Waals surface area contributed by atoms with Crippen molar-refractivity contribution in [1.29, 1.82) is 0 Å². The maximum absolute atomic E-state index is 6.04. The van der Waals surface area contributed by atoms with Crippen LogP contribution >= 0.6 is 11.8 Å². The third kappa shape index (κ3) is 5.04. The van der Waals surface area contributed by atoms with Gasteiger partial charge in [-0.05, 0) is 44.0 Å². The van der Waals surface area contributed by atoms with E-state index in [9.17, 15) is 0 Å². The number of ether oxygens (including phenoxy) is 2. The van der Waals surface area contributed by atoms with Crippen LogP contribution in [0.25, 0.3) is 0 Å². The van der Waals surface area contributed by atoms with Crippen molar-refractivity contribution in [2.75, 3.05) is 12.4 Å². The number of aryl methyl sites for hydroxylation is 2. The van der Waals surface area contributed by atoms with Crippen molar-refractivity contribution in [2.45, 2.75) is 39.1 Å². The summed E-state index contributed by atoms with van der Waals surface area (Å²) in [5.41, 5.74) is 2.26. The van der Waals surface area contributed by atoms with E-state index in [2.05, 4.69) is 47.7 Å². The number of para-hydroxylation sites is 2. The molecule has 3 aromatic rings. The van der Waals surface area contributed by atoms with Crippen molar-refractivity contribution in [2.24, 2.45) is 0 Å². The van der Waals surface area contributed by atoms with E-state index in [1.54, 1.807) is 11.8 Å². The van der Waals surface area contributed by atoms with Gasteiger partial charge in [-0.2, -0.15) is 0 Å². The van der Waals surface area contributed by atoms with Crippen LogP contribution in [0.4, 0.5) is 0 Å². The fourth-order valence-corrected chi connectivity index (χ4v) is 3.66. The molecule has 5 nitrogen and oxygen atoms in total. The Labute approximate surface area is 164 Å². The maximum atomic E-state index is 6.04. The summed E-state index contributed by atoms with van der Waals surface area (Å²) in [6.45, 7) is 8.05. The number of nitrogens with zero attached hydrogens (tertiary/aromatic N) is 3. The number of thioether (sulfide) groups is 1. The monoisotopic (exact) mass is 383 g/mol. The minimum absolute atomic E-state index is 0.410. The van der Waals surface area contributed by atoms with Crippen molar-refractivity contribution in [3.8, 4) is 11.5 Å². The minimum atomic E-state index is 0.410. The molecule has 0 amide bonds. The zero-order valence-corrected chi connectivity index (χ0v) is 16.8. The van der Waals surface area contributed by atoms with Crippen molar-refractivity contribution in [3.05, 3.63) is 65.5 Å². The molecule has 0 aliphatic rings. The van der Waals surface area contributed by atoms with E-state index < -0.39 is 0 Å². The molecule has 0 aliphatic heterocycles. The van der Waals surface area contributed by atoms with Crippen molar-refractivity contribution in [1.82, 2.24) is 14.8 Å². The van der Waals surface area contributed by atoms with E-state index in [4.69, 9.17) is 9.47 Å². The first-order valence-corrected chi connectivity index (χ1v) is 10.1. The normalized spacial score (nSPS) is 10.8. The zero-order valence-electron chi connectivity index (χ0n) is 16.0. The number of rotatable bonds is 9. The summed E-state index contributed by atoms with van der Waals surface area (Å²) >= 11 is 1.65. The van der Waals surface area contributed by atoms with Gasteiger partial charge in [0.2, 0.25) is 0 Å². The van der Waals surface area contributed by atoms with E-state index in [0.717, 1.165) is 45.9 Å². The first-order valence-electron chi connectivity index (χ1n) is 9.10. The van der Waals surface area contributed by atoms with Gasteiger partial charge in [0.15, 0.2) is 11.0 Å². The van der Waals surface area contributed by atoms with E-state index in [0.29, 0.717) is 13.2 Å². The van der Waals surface area contributed by atoms with Gasteiger partial charge in [0.05, 0.1) is 6.61 Å². The van der Waals surface area contributed by atoms with E-state index >= 15 is 0 Å². The van der Waals surface area contributed by atoms with Crippen LogP contribution in [0.1, 0.15) is 23.9 Å². The van der Waals surface area contributed by atoms with Crippen LogP contribution in [0.3, 0.4) is 0 Å². The molecule has 0 saturated carbocycles. The molecule has 0 atom stereocenters. The molecule has 0 unspecified atom stereocenters. The predicted octanol–water partition coefficient (Wildman–Crippen LogP) is 4.66. The predicted molar refractivity (Wildman–Crippen MR) is 109 cm³/mol.